The third-order valence-corrected chi connectivity index (χ3v) is 6.57. The van der Waals surface area contributed by atoms with Crippen molar-refractivity contribution in [3.63, 3.8) is 0 Å². The normalized spacial score (nSPS) is 23.7. The Bertz CT molecular complexity index is 1030. The fourth-order valence-corrected chi connectivity index (χ4v) is 4.79. The van der Waals surface area contributed by atoms with Crippen LogP contribution in [0.15, 0.2) is 96.0 Å². The van der Waals surface area contributed by atoms with Gasteiger partial charge in [-0.05, 0) is 16.7 Å². The Morgan fingerprint density at radius 1 is 0.758 bits per heavy atom. The number of nitrogens with zero attached hydrogens (tertiary/aromatic N) is 1. The first-order chi connectivity index (χ1) is 16.3. The lowest BCUT2D eigenvalue weighted by Crippen LogP contribution is -2.37. The molecule has 3 aromatic rings. The largest absolute Gasteiger partial charge is 0.462 e. The molecule has 0 aromatic heterocycles. The van der Waals surface area contributed by atoms with Gasteiger partial charge in [0.25, 0.3) is 0 Å². The maximum absolute atomic E-state index is 6.32. The number of thioether (sulfide) groups is 1. The molecule has 6 heteroatoms. The summed E-state index contributed by atoms with van der Waals surface area (Å²) in [5.74, 6) is 0.804. The van der Waals surface area contributed by atoms with Crippen LogP contribution >= 0.6 is 11.8 Å². The molecule has 170 valence electrons. The second-order valence-electron chi connectivity index (χ2n) is 8.08. The molecule has 0 N–H and O–H groups in total. The van der Waals surface area contributed by atoms with Crippen molar-refractivity contribution in [3.05, 3.63) is 108 Å². The smallest absolute Gasteiger partial charge is 0.249 e. The highest BCUT2D eigenvalue weighted by Crippen LogP contribution is 2.35. The maximum Gasteiger partial charge on any atom is 0.249 e. The zero-order valence-corrected chi connectivity index (χ0v) is 19.1. The second-order valence-corrected chi connectivity index (χ2v) is 9.01. The number of hydrogen-bond donors (Lipinski definition) is 0. The Hall–Kier alpha value is -2.64. The average molecular weight is 462 g/mol. The summed E-state index contributed by atoms with van der Waals surface area (Å²) >= 11 is 1.59. The molecule has 2 aliphatic heterocycles. The van der Waals surface area contributed by atoms with E-state index < -0.39 is 0 Å². The van der Waals surface area contributed by atoms with Gasteiger partial charge >= 0.3 is 0 Å². The predicted octanol–water partition coefficient (Wildman–Crippen LogP) is 5.20. The standard InChI is InChI=1S/C27H27NO4S/c1-4-10-20(11-5-1)16-29-18-23-24(30-17-21-12-6-2-7-13-21)25-26(31-23)28-27(32-25)33-19-22-14-8-3-9-15-22/h1-15,23-26H,16-19H2/t23-,24-,25+,26?/m0/s1. The summed E-state index contributed by atoms with van der Waals surface area (Å²) in [7, 11) is 0. The lowest BCUT2D eigenvalue weighted by molar-refractivity contribution is -0.0772. The molecule has 4 atom stereocenters. The Morgan fingerprint density at radius 2 is 1.36 bits per heavy atom. The summed E-state index contributed by atoms with van der Waals surface area (Å²) in [5, 5.41) is 0.658. The molecule has 0 saturated carbocycles. The molecule has 33 heavy (non-hydrogen) atoms. The molecule has 2 heterocycles. The molecule has 2 aliphatic rings. The van der Waals surface area contributed by atoms with Crippen molar-refractivity contribution in [2.75, 3.05) is 6.61 Å². The minimum Gasteiger partial charge on any atom is -0.462 e. The van der Waals surface area contributed by atoms with Gasteiger partial charge in [-0.25, -0.2) is 4.99 Å². The molecular weight excluding hydrogens is 434 g/mol. The van der Waals surface area contributed by atoms with Gasteiger partial charge in [0.15, 0.2) is 12.3 Å². The van der Waals surface area contributed by atoms with Gasteiger partial charge in [-0.15, -0.1) is 0 Å². The van der Waals surface area contributed by atoms with E-state index in [4.69, 9.17) is 18.9 Å². The van der Waals surface area contributed by atoms with Crippen LogP contribution in [-0.4, -0.2) is 36.4 Å². The number of ether oxygens (including phenoxy) is 4. The predicted molar refractivity (Wildman–Crippen MR) is 130 cm³/mol. The fourth-order valence-electron chi connectivity index (χ4n) is 3.95. The average Bonchev–Trinajstić information content (AvgIpc) is 3.41. The second kappa shape index (κ2) is 11.0. The highest BCUT2D eigenvalue weighted by molar-refractivity contribution is 8.12. The summed E-state index contributed by atoms with van der Waals surface area (Å²) in [6, 6.07) is 30.6. The zero-order chi connectivity index (χ0) is 22.3. The summed E-state index contributed by atoms with van der Waals surface area (Å²) < 4.78 is 24.7. The number of benzene rings is 3. The van der Waals surface area contributed by atoms with Crippen LogP contribution in [0.25, 0.3) is 0 Å². The van der Waals surface area contributed by atoms with Gasteiger partial charge in [0.2, 0.25) is 5.23 Å². The van der Waals surface area contributed by atoms with Crippen molar-refractivity contribution >= 4 is 17.0 Å². The van der Waals surface area contributed by atoms with Crippen molar-refractivity contribution in [1.29, 1.82) is 0 Å². The third kappa shape index (κ3) is 5.84. The highest BCUT2D eigenvalue weighted by atomic mass is 32.2. The topological polar surface area (TPSA) is 49.3 Å². The first-order valence-corrected chi connectivity index (χ1v) is 12.2. The monoisotopic (exact) mass is 461 g/mol. The SMILES string of the molecule is c1ccc(COC[C@@H]2OC3N=C(SCc4ccccc4)O[C@@H]3[C@H]2OCc2ccccc2)cc1. The van der Waals surface area contributed by atoms with Gasteiger partial charge in [-0.1, -0.05) is 103 Å². The van der Waals surface area contributed by atoms with E-state index in [1.807, 2.05) is 54.6 Å². The van der Waals surface area contributed by atoms with E-state index in [9.17, 15) is 0 Å². The Kier molecular flexibility index (Phi) is 7.38. The van der Waals surface area contributed by atoms with Crippen LogP contribution < -0.4 is 0 Å². The third-order valence-electron chi connectivity index (χ3n) is 5.64. The van der Waals surface area contributed by atoms with Gasteiger partial charge in [0.1, 0.15) is 12.2 Å². The lowest BCUT2D eigenvalue weighted by Gasteiger charge is -2.23. The van der Waals surface area contributed by atoms with Crippen LogP contribution in [0.5, 0.6) is 0 Å². The van der Waals surface area contributed by atoms with Gasteiger partial charge < -0.3 is 18.9 Å². The van der Waals surface area contributed by atoms with E-state index in [-0.39, 0.29) is 24.5 Å². The van der Waals surface area contributed by atoms with Crippen molar-refractivity contribution < 1.29 is 18.9 Å². The van der Waals surface area contributed by atoms with Crippen LogP contribution in [0.1, 0.15) is 16.7 Å². The number of fused-ring (bicyclic) bond motifs is 1. The molecule has 5 nitrogen and oxygen atoms in total. The number of rotatable bonds is 9. The zero-order valence-electron chi connectivity index (χ0n) is 18.3. The fraction of sp³-hybridized carbons (Fsp3) is 0.296. The molecule has 1 unspecified atom stereocenters. The molecule has 5 rings (SSSR count). The molecule has 0 spiro atoms. The molecule has 1 fully saturated rings. The highest BCUT2D eigenvalue weighted by Gasteiger charge is 2.51. The van der Waals surface area contributed by atoms with Crippen molar-refractivity contribution in [2.24, 2.45) is 4.99 Å². The quantitative estimate of drug-likeness (QED) is 0.438. The van der Waals surface area contributed by atoms with Crippen molar-refractivity contribution in [1.82, 2.24) is 0 Å². The van der Waals surface area contributed by atoms with Crippen LogP contribution in [0.2, 0.25) is 0 Å². The minimum absolute atomic E-state index is 0.239. The van der Waals surface area contributed by atoms with Gasteiger partial charge in [0, 0.05) is 5.75 Å². The Labute approximate surface area is 198 Å². The summed E-state index contributed by atoms with van der Waals surface area (Å²) in [4.78, 5) is 4.69. The summed E-state index contributed by atoms with van der Waals surface area (Å²) in [6.45, 7) is 1.44. The summed E-state index contributed by atoms with van der Waals surface area (Å²) in [6.07, 6.45) is -1.13. The molecular formula is C27H27NO4S. The lowest BCUT2D eigenvalue weighted by atomic mass is 10.1. The van der Waals surface area contributed by atoms with E-state index in [0.717, 1.165) is 16.9 Å². The maximum atomic E-state index is 6.32. The first kappa shape index (κ1) is 22.2. The Morgan fingerprint density at radius 3 is 2.03 bits per heavy atom. The van der Waals surface area contributed by atoms with Crippen molar-refractivity contribution in [3.8, 4) is 0 Å². The van der Waals surface area contributed by atoms with Crippen LogP contribution in [0, 0.1) is 0 Å². The number of hydrogen-bond acceptors (Lipinski definition) is 6. The molecule has 0 bridgehead atoms. The van der Waals surface area contributed by atoms with E-state index in [2.05, 4.69) is 41.4 Å². The van der Waals surface area contributed by atoms with E-state index in [0.29, 0.717) is 25.1 Å². The minimum atomic E-state index is -0.366. The molecule has 1 saturated heterocycles. The number of aliphatic imine (C=N–C) groups is 1. The van der Waals surface area contributed by atoms with E-state index in [1.165, 1.54) is 5.56 Å². The molecule has 0 amide bonds. The van der Waals surface area contributed by atoms with Gasteiger partial charge in [0.05, 0.1) is 19.8 Å². The van der Waals surface area contributed by atoms with Gasteiger partial charge in [-0.3, -0.25) is 0 Å². The van der Waals surface area contributed by atoms with Crippen LogP contribution in [0.3, 0.4) is 0 Å². The van der Waals surface area contributed by atoms with Crippen LogP contribution in [0.4, 0.5) is 0 Å². The van der Waals surface area contributed by atoms with E-state index in [1.54, 1.807) is 11.8 Å². The van der Waals surface area contributed by atoms with Gasteiger partial charge in [-0.2, -0.15) is 0 Å². The first-order valence-electron chi connectivity index (χ1n) is 11.2. The summed E-state index contributed by atoms with van der Waals surface area (Å²) in [5.41, 5.74) is 3.48. The van der Waals surface area contributed by atoms with E-state index >= 15 is 0 Å². The molecule has 0 aliphatic carbocycles. The molecule has 0 radical (unpaired) electrons. The van der Waals surface area contributed by atoms with Crippen molar-refractivity contribution in [2.45, 2.75) is 43.5 Å². The Balaban J connectivity index is 1.21. The van der Waals surface area contributed by atoms with Crippen LogP contribution in [-0.2, 0) is 37.9 Å². The molecule has 3 aromatic carbocycles.